The molecule has 6 heteroatoms. The molecule has 0 fully saturated rings. The van der Waals surface area contributed by atoms with Crippen LogP contribution < -0.4 is 11.1 Å². The number of aliphatic hydroxyl groups excluding tert-OH is 1. The molecule has 0 aromatic heterocycles. The number of aliphatic carboxylic acids is 1. The van der Waals surface area contributed by atoms with Gasteiger partial charge in [-0.05, 0) is 12.8 Å². The number of nitrogens with two attached hydrogens (primary N) is 1. The van der Waals surface area contributed by atoms with Gasteiger partial charge in [-0.25, -0.2) is 4.79 Å². The van der Waals surface area contributed by atoms with Gasteiger partial charge in [0.2, 0.25) is 5.91 Å². The number of carboxylic acid groups (broad SMARTS) is 1. The average molecular weight is 232 g/mol. The Balaban J connectivity index is 4.56. The first-order valence-electron chi connectivity index (χ1n) is 5.34. The van der Waals surface area contributed by atoms with Gasteiger partial charge in [0, 0.05) is 13.0 Å². The minimum Gasteiger partial charge on any atom is -0.480 e. The van der Waals surface area contributed by atoms with Crippen molar-refractivity contribution in [2.24, 2.45) is 5.73 Å². The molecule has 94 valence electrons. The maximum atomic E-state index is 11.7. The van der Waals surface area contributed by atoms with E-state index in [1.54, 1.807) is 13.8 Å². The summed E-state index contributed by atoms with van der Waals surface area (Å²) in [4.78, 5) is 22.5. The lowest BCUT2D eigenvalue weighted by Crippen LogP contribution is -2.57. The summed E-state index contributed by atoms with van der Waals surface area (Å²) < 4.78 is 0. The molecule has 1 unspecified atom stereocenters. The van der Waals surface area contributed by atoms with Crippen molar-refractivity contribution in [3.63, 3.8) is 0 Å². The minimum atomic E-state index is -1.17. The Morgan fingerprint density at radius 2 is 1.88 bits per heavy atom. The summed E-state index contributed by atoms with van der Waals surface area (Å²) >= 11 is 0. The van der Waals surface area contributed by atoms with E-state index in [0.717, 1.165) is 0 Å². The van der Waals surface area contributed by atoms with E-state index in [0.29, 0.717) is 12.8 Å². The van der Waals surface area contributed by atoms with Crippen LogP contribution >= 0.6 is 0 Å². The van der Waals surface area contributed by atoms with Crippen LogP contribution in [0.5, 0.6) is 0 Å². The van der Waals surface area contributed by atoms with E-state index in [9.17, 15) is 9.59 Å². The van der Waals surface area contributed by atoms with Crippen LogP contribution in [0.4, 0.5) is 0 Å². The molecule has 1 amide bonds. The summed E-state index contributed by atoms with van der Waals surface area (Å²) in [5.41, 5.74) is 4.78. The number of amides is 1. The molecule has 0 saturated heterocycles. The maximum Gasteiger partial charge on any atom is 0.326 e. The van der Waals surface area contributed by atoms with Crippen LogP contribution in [0.3, 0.4) is 0 Å². The summed E-state index contributed by atoms with van der Waals surface area (Å²) in [6.45, 7) is 3.24. The SMILES string of the molecule is CCC(N)(CC)C(=O)NC(CCO)C(=O)O. The number of hydrogen-bond donors (Lipinski definition) is 4. The minimum absolute atomic E-state index is 0.0232. The van der Waals surface area contributed by atoms with Crippen molar-refractivity contribution < 1.29 is 19.8 Å². The molecule has 0 spiro atoms. The van der Waals surface area contributed by atoms with E-state index in [4.69, 9.17) is 15.9 Å². The molecule has 1 atom stereocenters. The van der Waals surface area contributed by atoms with Crippen molar-refractivity contribution in [3.05, 3.63) is 0 Å². The van der Waals surface area contributed by atoms with E-state index in [1.165, 1.54) is 0 Å². The highest BCUT2D eigenvalue weighted by molar-refractivity contribution is 5.89. The number of carboxylic acids is 1. The molecule has 0 aromatic carbocycles. The molecule has 0 saturated carbocycles. The molecular formula is C10H20N2O4. The monoisotopic (exact) mass is 232 g/mol. The standard InChI is InChI=1S/C10H20N2O4/c1-3-10(11,4-2)9(16)12-7(5-6-13)8(14)15/h7,13H,3-6,11H2,1-2H3,(H,12,16)(H,14,15). The van der Waals surface area contributed by atoms with Crippen LogP contribution in [0.15, 0.2) is 0 Å². The summed E-state index contributed by atoms with van der Waals surface area (Å²) in [5.74, 6) is -1.66. The molecule has 0 aromatic rings. The third-order valence-corrected chi connectivity index (χ3v) is 2.74. The Labute approximate surface area is 94.8 Å². The van der Waals surface area contributed by atoms with E-state index in [2.05, 4.69) is 5.32 Å². The second-order valence-electron chi connectivity index (χ2n) is 3.74. The third kappa shape index (κ3) is 3.79. The zero-order valence-electron chi connectivity index (χ0n) is 9.69. The van der Waals surface area contributed by atoms with Gasteiger partial charge in [-0.15, -0.1) is 0 Å². The van der Waals surface area contributed by atoms with Gasteiger partial charge in [0.1, 0.15) is 6.04 Å². The van der Waals surface area contributed by atoms with E-state index in [1.807, 2.05) is 0 Å². The Morgan fingerprint density at radius 1 is 1.38 bits per heavy atom. The summed E-state index contributed by atoms with van der Waals surface area (Å²) in [6.07, 6.45) is 0.839. The zero-order chi connectivity index (χ0) is 12.8. The fraction of sp³-hybridized carbons (Fsp3) is 0.800. The van der Waals surface area contributed by atoms with Gasteiger partial charge >= 0.3 is 5.97 Å². The van der Waals surface area contributed by atoms with Gasteiger partial charge < -0.3 is 21.3 Å². The van der Waals surface area contributed by atoms with Crippen molar-refractivity contribution >= 4 is 11.9 Å². The predicted octanol–water partition coefficient (Wildman–Crippen LogP) is -0.544. The molecular weight excluding hydrogens is 212 g/mol. The Hall–Kier alpha value is -1.14. The topological polar surface area (TPSA) is 113 Å². The normalized spacial score (nSPS) is 13.2. The van der Waals surface area contributed by atoms with Crippen molar-refractivity contribution in [2.75, 3.05) is 6.61 Å². The quantitative estimate of drug-likeness (QED) is 0.470. The maximum absolute atomic E-state index is 11.7. The highest BCUT2D eigenvalue weighted by Crippen LogP contribution is 2.11. The molecule has 5 N–H and O–H groups in total. The number of hydrogen-bond acceptors (Lipinski definition) is 4. The van der Waals surface area contributed by atoms with Gasteiger partial charge in [-0.3, -0.25) is 4.79 Å². The molecule has 0 aliphatic heterocycles. The molecule has 0 aliphatic rings. The zero-order valence-corrected chi connectivity index (χ0v) is 9.69. The van der Waals surface area contributed by atoms with Crippen molar-refractivity contribution in [2.45, 2.75) is 44.7 Å². The summed E-state index contributed by atoms with van der Waals surface area (Å²) in [6, 6.07) is -1.08. The Kier molecular flexibility index (Phi) is 5.98. The lowest BCUT2D eigenvalue weighted by atomic mass is 9.92. The van der Waals surface area contributed by atoms with E-state index < -0.39 is 23.5 Å². The van der Waals surface area contributed by atoms with E-state index >= 15 is 0 Å². The lowest BCUT2D eigenvalue weighted by molar-refractivity contribution is -0.143. The molecule has 0 bridgehead atoms. The molecule has 0 aliphatic carbocycles. The lowest BCUT2D eigenvalue weighted by Gasteiger charge is -2.27. The highest BCUT2D eigenvalue weighted by Gasteiger charge is 2.32. The second kappa shape index (κ2) is 6.44. The average Bonchev–Trinajstić information content (AvgIpc) is 2.26. The largest absolute Gasteiger partial charge is 0.480 e. The van der Waals surface area contributed by atoms with Gasteiger partial charge in [0.25, 0.3) is 0 Å². The fourth-order valence-electron chi connectivity index (χ4n) is 1.26. The predicted molar refractivity (Wildman–Crippen MR) is 58.8 cm³/mol. The van der Waals surface area contributed by atoms with Crippen molar-refractivity contribution in [1.29, 1.82) is 0 Å². The number of aliphatic hydroxyl groups is 1. The number of carbonyl (C=O) groups excluding carboxylic acids is 1. The Bertz CT molecular complexity index is 251. The van der Waals surface area contributed by atoms with Crippen LogP contribution in [-0.4, -0.2) is 40.3 Å². The summed E-state index contributed by atoms with van der Waals surface area (Å²) in [5, 5.41) is 19.8. The Morgan fingerprint density at radius 3 is 2.19 bits per heavy atom. The number of nitrogens with one attached hydrogen (secondary N) is 1. The smallest absolute Gasteiger partial charge is 0.326 e. The van der Waals surface area contributed by atoms with Crippen LogP contribution in [0.1, 0.15) is 33.1 Å². The third-order valence-electron chi connectivity index (χ3n) is 2.74. The van der Waals surface area contributed by atoms with Crippen molar-refractivity contribution in [3.8, 4) is 0 Å². The molecule has 0 rings (SSSR count). The molecule has 6 nitrogen and oxygen atoms in total. The first-order valence-corrected chi connectivity index (χ1v) is 5.34. The fourth-order valence-corrected chi connectivity index (χ4v) is 1.26. The van der Waals surface area contributed by atoms with E-state index in [-0.39, 0.29) is 13.0 Å². The van der Waals surface area contributed by atoms with Gasteiger partial charge in [0.05, 0.1) is 5.54 Å². The van der Waals surface area contributed by atoms with Crippen LogP contribution in [0, 0.1) is 0 Å². The van der Waals surface area contributed by atoms with Crippen molar-refractivity contribution in [1.82, 2.24) is 5.32 Å². The van der Waals surface area contributed by atoms with Crippen LogP contribution in [0.2, 0.25) is 0 Å². The van der Waals surface area contributed by atoms with Gasteiger partial charge in [0.15, 0.2) is 0 Å². The van der Waals surface area contributed by atoms with Crippen LogP contribution in [-0.2, 0) is 9.59 Å². The molecule has 0 radical (unpaired) electrons. The van der Waals surface area contributed by atoms with Gasteiger partial charge in [-0.2, -0.15) is 0 Å². The van der Waals surface area contributed by atoms with Gasteiger partial charge in [-0.1, -0.05) is 13.8 Å². The first-order chi connectivity index (χ1) is 7.41. The molecule has 0 heterocycles. The second-order valence-corrected chi connectivity index (χ2v) is 3.74. The number of carbonyl (C=O) groups is 2. The summed E-state index contributed by atoms with van der Waals surface area (Å²) in [7, 11) is 0. The molecule has 16 heavy (non-hydrogen) atoms. The highest BCUT2D eigenvalue weighted by atomic mass is 16.4. The van der Waals surface area contributed by atoms with Crippen LogP contribution in [0.25, 0.3) is 0 Å². The number of rotatable bonds is 7. The first kappa shape index (κ1) is 14.9.